The third kappa shape index (κ3) is 4.25. The van der Waals surface area contributed by atoms with Crippen LogP contribution in [0.3, 0.4) is 0 Å². The minimum absolute atomic E-state index is 0.0306. The van der Waals surface area contributed by atoms with Gasteiger partial charge in [-0.05, 0) is 16.8 Å². The minimum Gasteiger partial charge on any atom is -0.489 e. The predicted molar refractivity (Wildman–Crippen MR) is 112 cm³/mol. The van der Waals surface area contributed by atoms with E-state index in [1.807, 2.05) is 12.1 Å². The first-order chi connectivity index (χ1) is 15.1. The molecule has 9 nitrogen and oxygen atoms in total. The maximum Gasteiger partial charge on any atom is 0.296 e. The first kappa shape index (κ1) is 20.1. The van der Waals surface area contributed by atoms with Gasteiger partial charge in [0, 0.05) is 12.5 Å². The SMILES string of the molecule is O=Cc1c(OCC(=O)Nc2cc3c(cc2[N+](=O)[O-])OCCCO3)ccc2ccccc12. The number of benzene rings is 3. The van der Waals surface area contributed by atoms with Crippen molar-refractivity contribution in [2.24, 2.45) is 0 Å². The highest BCUT2D eigenvalue weighted by molar-refractivity contribution is 6.01. The Bertz CT molecular complexity index is 1180. The molecular formula is C22H18N2O7. The van der Waals surface area contributed by atoms with E-state index < -0.39 is 17.4 Å². The van der Waals surface area contributed by atoms with Crippen molar-refractivity contribution in [1.82, 2.24) is 0 Å². The molecule has 31 heavy (non-hydrogen) atoms. The fourth-order valence-corrected chi connectivity index (χ4v) is 3.30. The number of amides is 1. The maximum atomic E-state index is 12.4. The van der Waals surface area contributed by atoms with Gasteiger partial charge in [-0.2, -0.15) is 0 Å². The van der Waals surface area contributed by atoms with Crippen LogP contribution in [0, 0.1) is 10.1 Å². The number of carbonyl (C=O) groups excluding carboxylic acids is 2. The number of fused-ring (bicyclic) bond motifs is 2. The summed E-state index contributed by atoms with van der Waals surface area (Å²) in [5.74, 6) is 0.196. The quantitative estimate of drug-likeness (QED) is 0.365. The van der Waals surface area contributed by atoms with Gasteiger partial charge in [0.05, 0.1) is 29.8 Å². The summed E-state index contributed by atoms with van der Waals surface area (Å²) < 4.78 is 16.5. The normalized spacial score (nSPS) is 12.6. The molecule has 0 spiro atoms. The number of nitro benzene ring substituents is 1. The van der Waals surface area contributed by atoms with Crippen LogP contribution in [0.5, 0.6) is 17.2 Å². The number of hydrogen-bond acceptors (Lipinski definition) is 7. The Morgan fingerprint density at radius 1 is 1.13 bits per heavy atom. The first-order valence-corrected chi connectivity index (χ1v) is 9.54. The highest BCUT2D eigenvalue weighted by Crippen LogP contribution is 2.39. The van der Waals surface area contributed by atoms with Gasteiger partial charge >= 0.3 is 0 Å². The van der Waals surface area contributed by atoms with E-state index in [4.69, 9.17) is 14.2 Å². The van der Waals surface area contributed by atoms with Crippen LogP contribution < -0.4 is 19.5 Å². The molecule has 0 radical (unpaired) electrons. The summed E-state index contributed by atoms with van der Waals surface area (Å²) in [6.07, 6.45) is 1.31. The number of nitrogens with zero attached hydrogens (tertiary/aromatic N) is 1. The smallest absolute Gasteiger partial charge is 0.296 e. The molecule has 158 valence electrons. The predicted octanol–water partition coefficient (Wildman–Crippen LogP) is 3.74. The van der Waals surface area contributed by atoms with Gasteiger partial charge in [0.2, 0.25) is 0 Å². The molecule has 3 aromatic carbocycles. The monoisotopic (exact) mass is 422 g/mol. The Balaban J connectivity index is 1.53. The molecule has 0 unspecified atom stereocenters. The van der Waals surface area contributed by atoms with Crippen molar-refractivity contribution in [3.8, 4) is 17.2 Å². The molecule has 0 aliphatic carbocycles. The number of anilines is 1. The zero-order chi connectivity index (χ0) is 21.8. The lowest BCUT2D eigenvalue weighted by atomic mass is 10.0. The molecule has 0 atom stereocenters. The van der Waals surface area contributed by atoms with E-state index in [1.165, 1.54) is 12.1 Å². The molecule has 3 aromatic rings. The van der Waals surface area contributed by atoms with Crippen molar-refractivity contribution in [3.05, 3.63) is 64.2 Å². The number of aldehydes is 1. The molecule has 0 saturated heterocycles. The van der Waals surface area contributed by atoms with E-state index in [-0.39, 0.29) is 22.9 Å². The van der Waals surface area contributed by atoms with Gasteiger partial charge in [-0.1, -0.05) is 30.3 Å². The van der Waals surface area contributed by atoms with Gasteiger partial charge in [0.25, 0.3) is 11.6 Å². The van der Waals surface area contributed by atoms with Crippen LogP contribution in [-0.4, -0.2) is 36.9 Å². The summed E-state index contributed by atoms with van der Waals surface area (Å²) in [6, 6.07) is 13.3. The fraction of sp³-hybridized carbons (Fsp3) is 0.182. The maximum absolute atomic E-state index is 12.4. The van der Waals surface area contributed by atoms with Gasteiger partial charge in [-0.3, -0.25) is 19.7 Å². The zero-order valence-corrected chi connectivity index (χ0v) is 16.3. The molecule has 0 fully saturated rings. The molecule has 1 aliphatic rings. The zero-order valence-electron chi connectivity index (χ0n) is 16.3. The van der Waals surface area contributed by atoms with E-state index in [1.54, 1.807) is 24.3 Å². The van der Waals surface area contributed by atoms with Crippen LogP contribution in [0.4, 0.5) is 11.4 Å². The number of carbonyl (C=O) groups is 2. The molecule has 0 saturated carbocycles. The van der Waals surface area contributed by atoms with Crippen LogP contribution >= 0.6 is 0 Å². The number of nitrogens with one attached hydrogen (secondary N) is 1. The number of nitro groups is 1. The van der Waals surface area contributed by atoms with E-state index in [0.29, 0.717) is 42.6 Å². The molecule has 1 aliphatic heterocycles. The average Bonchev–Trinajstić information content (AvgIpc) is 3.01. The summed E-state index contributed by atoms with van der Waals surface area (Å²) in [4.78, 5) is 34.9. The molecule has 9 heteroatoms. The molecule has 4 rings (SSSR count). The minimum atomic E-state index is -0.623. The lowest BCUT2D eigenvalue weighted by molar-refractivity contribution is -0.384. The highest BCUT2D eigenvalue weighted by Gasteiger charge is 2.23. The fourth-order valence-electron chi connectivity index (χ4n) is 3.30. The van der Waals surface area contributed by atoms with E-state index in [2.05, 4.69) is 5.32 Å². The summed E-state index contributed by atoms with van der Waals surface area (Å²) in [5, 5.41) is 15.5. The van der Waals surface area contributed by atoms with Crippen molar-refractivity contribution < 1.29 is 28.7 Å². The van der Waals surface area contributed by atoms with Crippen molar-refractivity contribution in [2.45, 2.75) is 6.42 Å². The Labute approximate surface area is 176 Å². The van der Waals surface area contributed by atoms with Gasteiger partial charge < -0.3 is 19.5 Å². The second kappa shape index (κ2) is 8.70. The molecule has 1 N–H and O–H groups in total. The van der Waals surface area contributed by atoms with Crippen LogP contribution in [0.25, 0.3) is 10.8 Å². The van der Waals surface area contributed by atoms with Crippen LogP contribution in [-0.2, 0) is 4.79 Å². The van der Waals surface area contributed by atoms with Crippen molar-refractivity contribution in [3.63, 3.8) is 0 Å². The Hall–Kier alpha value is -4.14. The van der Waals surface area contributed by atoms with Gasteiger partial charge in [0.1, 0.15) is 11.4 Å². The van der Waals surface area contributed by atoms with Crippen LogP contribution in [0.1, 0.15) is 16.8 Å². The summed E-state index contributed by atoms with van der Waals surface area (Å²) in [6.45, 7) is 0.344. The van der Waals surface area contributed by atoms with Gasteiger partial charge in [0.15, 0.2) is 24.4 Å². The van der Waals surface area contributed by atoms with Crippen LogP contribution in [0.15, 0.2) is 48.5 Å². The van der Waals surface area contributed by atoms with E-state index in [9.17, 15) is 19.7 Å². The summed E-state index contributed by atoms with van der Waals surface area (Å²) >= 11 is 0. The lowest BCUT2D eigenvalue weighted by Crippen LogP contribution is -2.21. The molecule has 0 aromatic heterocycles. The summed E-state index contributed by atoms with van der Waals surface area (Å²) in [7, 11) is 0. The van der Waals surface area contributed by atoms with Gasteiger partial charge in [-0.15, -0.1) is 0 Å². The number of rotatable bonds is 6. The first-order valence-electron chi connectivity index (χ1n) is 9.54. The molecule has 1 amide bonds. The third-order valence-electron chi connectivity index (χ3n) is 4.74. The Morgan fingerprint density at radius 3 is 2.61 bits per heavy atom. The Morgan fingerprint density at radius 2 is 1.87 bits per heavy atom. The topological polar surface area (TPSA) is 117 Å². The van der Waals surface area contributed by atoms with Crippen LogP contribution in [0.2, 0.25) is 0 Å². The largest absolute Gasteiger partial charge is 0.489 e. The Kier molecular flexibility index (Phi) is 5.65. The van der Waals surface area contributed by atoms with Gasteiger partial charge in [-0.25, -0.2) is 0 Å². The van der Waals surface area contributed by atoms with E-state index >= 15 is 0 Å². The average molecular weight is 422 g/mol. The number of ether oxygens (including phenoxy) is 3. The molecule has 0 bridgehead atoms. The number of hydrogen-bond donors (Lipinski definition) is 1. The second-order valence-corrected chi connectivity index (χ2v) is 6.78. The third-order valence-corrected chi connectivity index (χ3v) is 4.74. The van der Waals surface area contributed by atoms with E-state index in [0.717, 1.165) is 5.39 Å². The van der Waals surface area contributed by atoms with Crippen molar-refractivity contribution >= 4 is 34.3 Å². The van der Waals surface area contributed by atoms with Crippen molar-refractivity contribution in [2.75, 3.05) is 25.1 Å². The highest BCUT2D eigenvalue weighted by atomic mass is 16.6. The standard InChI is InChI=1S/C22H18N2O7/c25-12-16-15-5-2-1-4-14(15)6-7-19(16)31-13-22(26)23-17-10-20-21(11-18(17)24(27)28)30-9-3-8-29-20/h1-2,4-7,10-12H,3,8-9,13H2,(H,23,26). The molecule has 1 heterocycles. The summed E-state index contributed by atoms with van der Waals surface area (Å²) in [5.41, 5.74) is -0.0266. The second-order valence-electron chi connectivity index (χ2n) is 6.78. The molecular weight excluding hydrogens is 404 g/mol. The lowest BCUT2D eigenvalue weighted by Gasteiger charge is -2.13. The van der Waals surface area contributed by atoms with Crippen molar-refractivity contribution in [1.29, 1.82) is 0 Å².